The molecule has 0 aliphatic carbocycles. The highest BCUT2D eigenvalue weighted by molar-refractivity contribution is 7.98. The number of rotatable bonds is 5. The van der Waals surface area contributed by atoms with Gasteiger partial charge in [0.05, 0.1) is 17.1 Å². The lowest BCUT2D eigenvalue weighted by atomic mass is 10.2. The summed E-state index contributed by atoms with van der Waals surface area (Å²) in [6.07, 6.45) is 1.66. The van der Waals surface area contributed by atoms with E-state index in [4.69, 9.17) is 4.74 Å². The van der Waals surface area contributed by atoms with Crippen LogP contribution in [0.5, 0.6) is 0 Å². The quantitative estimate of drug-likeness (QED) is 0.750. The maximum absolute atomic E-state index is 12.9. The first kappa shape index (κ1) is 20.9. The van der Waals surface area contributed by atoms with E-state index in [1.54, 1.807) is 11.8 Å². The first-order chi connectivity index (χ1) is 13.3. The molecule has 1 aliphatic rings. The second-order valence-electron chi connectivity index (χ2n) is 6.79. The number of thioether (sulfide) groups is 1. The molecule has 28 heavy (non-hydrogen) atoms. The third-order valence-electron chi connectivity index (χ3n) is 4.47. The van der Waals surface area contributed by atoms with Gasteiger partial charge in [0.2, 0.25) is 10.0 Å². The Morgan fingerprint density at radius 3 is 2.36 bits per heavy atom. The van der Waals surface area contributed by atoms with Gasteiger partial charge in [0.15, 0.2) is 0 Å². The minimum Gasteiger partial charge on any atom is -0.373 e. The Labute approximate surface area is 170 Å². The number of amides is 1. The van der Waals surface area contributed by atoms with E-state index >= 15 is 0 Å². The van der Waals surface area contributed by atoms with Gasteiger partial charge in [-0.15, -0.1) is 11.8 Å². The summed E-state index contributed by atoms with van der Waals surface area (Å²) in [5.74, 6) is -0.282. The van der Waals surface area contributed by atoms with E-state index in [1.165, 1.54) is 28.6 Å². The van der Waals surface area contributed by atoms with Crippen molar-refractivity contribution in [3.05, 3.63) is 54.1 Å². The maximum Gasteiger partial charge on any atom is 0.255 e. The first-order valence-electron chi connectivity index (χ1n) is 9.00. The molecule has 0 spiro atoms. The number of nitrogens with one attached hydrogen (secondary N) is 1. The zero-order valence-corrected chi connectivity index (χ0v) is 17.7. The molecule has 150 valence electrons. The van der Waals surface area contributed by atoms with Crippen molar-refractivity contribution in [2.24, 2.45) is 0 Å². The molecule has 1 saturated heterocycles. The zero-order valence-electron chi connectivity index (χ0n) is 16.1. The number of sulfonamides is 1. The highest BCUT2D eigenvalue weighted by Crippen LogP contribution is 2.22. The Hall–Kier alpha value is -1.87. The van der Waals surface area contributed by atoms with Crippen molar-refractivity contribution in [2.45, 2.75) is 35.8 Å². The highest BCUT2D eigenvalue weighted by Gasteiger charge is 2.32. The van der Waals surface area contributed by atoms with Crippen molar-refractivity contribution < 1.29 is 17.9 Å². The fourth-order valence-electron chi connectivity index (χ4n) is 3.16. The number of hydrogen-bond acceptors (Lipinski definition) is 5. The molecule has 2 aromatic rings. The van der Waals surface area contributed by atoms with Gasteiger partial charge in [-0.1, -0.05) is 6.07 Å². The molecular formula is C20H24N2O4S2. The van der Waals surface area contributed by atoms with Crippen LogP contribution in [0.4, 0.5) is 5.69 Å². The molecule has 2 atom stereocenters. The van der Waals surface area contributed by atoms with Crippen LogP contribution in [-0.2, 0) is 14.8 Å². The maximum atomic E-state index is 12.9. The van der Waals surface area contributed by atoms with Gasteiger partial charge < -0.3 is 10.1 Å². The lowest BCUT2D eigenvalue weighted by Gasteiger charge is -2.34. The summed E-state index contributed by atoms with van der Waals surface area (Å²) in [4.78, 5) is 13.7. The molecule has 2 aromatic carbocycles. The normalized spacial score (nSPS) is 20.7. The Bertz CT molecular complexity index is 935. The van der Waals surface area contributed by atoms with Gasteiger partial charge in [0.1, 0.15) is 0 Å². The Kier molecular flexibility index (Phi) is 6.44. The van der Waals surface area contributed by atoms with E-state index in [9.17, 15) is 13.2 Å². The van der Waals surface area contributed by atoms with Crippen LogP contribution < -0.4 is 5.32 Å². The topological polar surface area (TPSA) is 75.7 Å². The summed E-state index contributed by atoms with van der Waals surface area (Å²) in [5.41, 5.74) is 1.10. The number of hydrogen-bond donors (Lipinski definition) is 1. The van der Waals surface area contributed by atoms with Gasteiger partial charge >= 0.3 is 0 Å². The fourth-order valence-corrected chi connectivity index (χ4v) is 5.21. The van der Waals surface area contributed by atoms with Gasteiger partial charge in [-0.25, -0.2) is 8.42 Å². The van der Waals surface area contributed by atoms with E-state index in [0.29, 0.717) is 24.3 Å². The minimum atomic E-state index is -3.62. The summed E-state index contributed by atoms with van der Waals surface area (Å²) in [5, 5.41) is 2.84. The zero-order chi connectivity index (χ0) is 20.3. The van der Waals surface area contributed by atoms with Crippen LogP contribution in [0.2, 0.25) is 0 Å². The summed E-state index contributed by atoms with van der Waals surface area (Å²) >= 11 is 1.59. The second-order valence-corrected chi connectivity index (χ2v) is 9.61. The summed E-state index contributed by atoms with van der Waals surface area (Å²) in [7, 11) is -3.62. The molecule has 0 radical (unpaired) electrons. The van der Waals surface area contributed by atoms with Crippen LogP contribution in [-0.4, -0.2) is 50.2 Å². The number of carbonyl (C=O) groups is 1. The number of carbonyl (C=O) groups excluding carboxylic acids is 1. The number of morpholine rings is 1. The highest BCUT2D eigenvalue weighted by atomic mass is 32.2. The lowest BCUT2D eigenvalue weighted by Crippen LogP contribution is -2.48. The average Bonchev–Trinajstić information content (AvgIpc) is 2.67. The van der Waals surface area contributed by atoms with Crippen molar-refractivity contribution in [3.63, 3.8) is 0 Å². The van der Waals surface area contributed by atoms with Crippen LogP contribution in [0.15, 0.2) is 58.3 Å². The van der Waals surface area contributed by atoms with Gasteiger partial charge in [-0.05, 0) is 62.6 Å². The summed E-state index contributed by atoms with van der Waals surface area (Å²) in [6.45, 7) is 4.36. The summed E-state index contributed by atoms with van der Waals surface area (Å²) < 4.78 is 32.8. The average molecular weight is 421 g/mol. The molecule has 1 heterocycles. The number of nitrogens with zero attached hydrogens (tertiary/aromatic N) is 1. The number of anilines is 1. The van der Waals surface area contributed by atoms with Crippen molar-refractivity contribution in [2.75, 3.05) is 24.7 Å². The van der Waals surface area contributed by atoms with Gasteiger partial charge in [0.25, 0.3) is 5.91 Å². The van der Waals surface area contributed by atoms with E-state index in [-0.39, 0.29) is 23.0 Å². The molecule has 1 fully saturated rings. The van der Waals surface area contributed by atoms with E-state index < -0.39 is 10.0 Å². The SMILES string of the molecule is CSc1cccc(NC(=O)c2ccc(S(=O)(=O)N3C[C@@H](C)O[C@@H](C)C3)cc2)c1. The Balaban J connectivity index is 1.74. The second kappa shape index (κ2) is 8.65. The molecule has 1 aliphatic heterocycles. The smallest absolute Gasteiger partial charge is 0.255 e. The molecular weight excluding hydrogens is 396 g/mol. The van der Waals surface area contributed by atoms with E-state index in [1.807, 2.05) is 44.4 Å². The minimum absolute atomic E-state index is 0.152. The van der Waals surface area contributed by atoms with E-state index in [2.05, 4.69) is 5.32 Å². The Morgan fingerprint density at radius 2 is 1.75 bits per heavy atom. The van der Waals surface area contributed by atoms with Gasteiger partial charge in [0, 0.05) is 29.2 Å². The standard InChI is InChI=1S/C20H24N2O4S2/c1-14-12-22(13-15(2)26-14)28(24,25)19-9-7-16(8-10-19)20(23)21-17-5-4-6-18(11-17)27-3/h4-11,14-15H,12-13H2,1-3H3,(H,21,23)/t14-,15+. The van der Waals surface area contributed by atoms with Gasteiger partial charge in [-0.3, -0.25) is 4.79 Å². The van der Waals surface area contributed by atoms with Crippen molar-refractivity contribution >= 4 is 33.4 Å². The van der Waals surface area contributed by atoms with Crippen LogP contribution in [0.3, 0.4) is 0 Å². The van der Waals surface area contributed by atoms with Crippen LogP contribution in [0.1, 0.15) is 24.2 Å². The van der Waals surface area contributed by atoms with Crippen molar-refractivity contribution in [3.8, 4) is 0 Å². The number of ether oxygens (including phenoxy) is 1. The van der Waals surface area contributed by atoms with Crippen molar-refractivity contribution in [1.82, 2.24) is 4.31 Å². The molecule has 0 unspecified atom stereocenters. The number of benzene rings is 2. The predicted octanol–water partition coefficient (Wildman–Crippen LogP) is 3.46. The molecule has 1 N–H and O–H groups in total. The monoisotopic (exact) mass is 420 g/mol. The first-order valence-corrected chi connectivity index (χ1v) is 11.7. The molecule has 1 amide bonds. The Morgan fingerprint density at radius 1 is 1.11 bits per heavy atom. The van der Waals surface area contributed by atoms with Crippen LogP contribution >= 0.6 is 11.8 Å². The molecule has 0 saturated carbocycles. The fraction of sp³-hybridized carbons (Fsp3) is 0.350. The molecule has 3 rings (SSSR count). The lowest BCUT2D eigenvalue weighted by molar-refractivity contribution is -0.0440. The van der Waals surface area contributed by atoms with Crippen molar-refractivity contribution in [1.29, 1.82) is 0 Å². The third kappa shape index (κ3) is 4.75. The third-order valence-corrected chi connectivity index (χ3v) is 7.04. The molecule has 8 heteroatoms. The van der Waals surface area contributed by atoms with Crippen LogP contribution in [0, 0.1) is 0 Å². The molecule has 0 aromatic heterocycles. The molecule has 0 bridgehead atoms. The summed E-state index contributed by atoms with van der Waals surface area (Å²) in [6, 6.07) is 13.6. The van der Waals surface area contributed by atoms with Gasteiger partial charge in [-0.2, -0.15) is 4.31 Å². The van der Waals surface area contributed by atoms with Crippen LogP contribution in [0.25, 0.3) is 0 Å². The molecule has 6 nitrogen and oxygen atoms in total. The largest absolute Gasteiger partial charge is 0.373 e. The van der Waals surface area contributed by atoms with E-state index in [0.717, 1.165) is 4.90 Å². The predicted molar refractivity (Wildman–Crippen MR) is 111 cm³/mol.